The first-order chi connectivity index (χ1) is 8.09. The third-order valence-electron chi connectivity index (χ3n) is 2.53. The molecule has 0 radical (unpaired) electrons. The Labute approximate surface area is 98.8 Å². The number of halogens is 6. The molecule has 1 heterocycles. The van der Waals surface area contributed by atoms with E-state index in [4.69, 9.17) is 0 Å². The van der Waals surface area contributed by atoms with Gasteiger partial charge in [0.05, 0.1) is 11.7 Å². The summed E-state index contributed by atoms with van der Waals surface area (Å²) in [6.45, 7) is 0. The molecule has 0 fully saturated rings. The average molecular weight is 275 g/mol. The van der Waals surface area contributed by atoms with E-state index in [0.717, 1.165) is 24.0 Å². The molecule has 0 saturated heterocycles. The van der Waals surface area contributed by atoms with Crippen molar-refractivity contribution in [1.29, 1.82) is 0 Å². The van der Waals surface area contributed by atoms with Gasteiger partial charge in [0.2, 0.25) is 0 Å². The monoisotopic (exact) mass is 275 g/mol. The minimum absolute atomic E-state index is 0.183. The predicted octanol–water partition coefficient (Wildman–Crippen LogP) is 2.42. The fourth-order valence-corrected chi connectivity index (χ4v) is 1.74. The summed E-state index contributed by atoms with van der Waals surface area (Å²) in [4.78, 5) is 0. The molecule has 3 nitrogen and oxygen atoms in total. The molecule has 1 aromatic heterocycles. The smallest absolute Gasteiger partial charge is 0.311 e. The highest BCUT2D eigenvalue weighted by Crippen LogP contribution is 2.46. The van der Waals surface area contributed by atoms with Crippen LogP contribution in [0.2, 0.25) is 0 Å². The van der Waals surface area contributed by atoms with Crippen molar-refractivity contribution in [2.45, 2.75) is 18.4 Å². The lowest BCUT2D eigenvalue weighted by molar-refractivity contribution is -0.292. The first-order valence-corrected chi connectivity index (χ1v) is 4.87. The minimum atomic E-state index is -5.39. The summed E-state index contributed by atoms with van der Waals surface area (Å²) in [5.74, 6) is -3.48. The number of aromatic nitrogens is 2. The zero-order valence-electron chi connectivity index (χ0n) is 9.47. The molecule has 1 N–H and O–H groups in total. The Bertz CT molecular complexity index is 380. The van der Waals surface area contributed by atoms with Crippen molar-refractivity contribution >= 4 is 0 Å². The zero-order valence-corrected chi connectivity index (χ0v) is 9.47. The van der Waals surface area contributed by atoms with Crippen LogP contribution in [0.5, 0.6) is 0 Å². The predicted molar refractivity (Wildman–Crippen MR) is 50.6 cm³/mol. The first kappa shape index (κ1) is 14.8. The van der Waals surface area contributed by atoms with E-state index in [0.29, 0.717) is 0 Å². The van der Waals surface area contributed by atoms with Crippen molar-refractivity contribution in [3.8, 4) is 0 Å². The van der Waals surface area contributed by atoms with Crippen LogP contribution >= 0.6 is 0 Å². The summed E-state index contributed by atoms with van der Waals surface area (Å²) in [5, 5.41) is 5.63. The van der Waals surface area contributed by atoms with Crippen LogP contribution in [-0.4, -0.2) is 29.2 Å². The lowest BCUT2D eigenvalue weighted by atomic mass is 9.95. The van der Waals surface area contributed by atoms with Gasteiger partial charge in [0.1, 0.15) is 0 Å². The molecular formula is C9H11F6N3. The number of rotatable bonds is 3. The van der Waals surface area contributed by atoms with E-state index in [1.807, 2.05) is 0 Å². The van der Waals surface area contributed by atoms with E-state index >= 15 is 0 Å². The molecule has 1 rings (SSSR count). The molecule has 0 spiro atoms. The second-order valence-corrected chi connectivity index (χ2v) is 3.71. The first-order valence-electron chi connectivity index (χ1n) is 4.87. The fourth-order valence-electron chi connectivity index (χ4n) is 1.74. The number of nitrogens with zero attached hydrogens (tertiary/aromatic N) is 2. The molecule has 0 bridgehead atoms. The summed E-state index contributed by atoms with van der Waals surface area (Å²) in [7, 11) is 2.33. The molecule has 18 heavy (non-hydrogen) atoms. The summed E-state index contributed by atoms with van der Waals surface area (Å²) in [5.41, 5.74) is -0.183. The largest absolute Gasteiger partial charge is 0.402 e. The maximum absolute atomic E-state index is 12.6. The molecule has 0 aromatic carbocycles. The van der Waals surface area contributed by atoms with Crippen molar-refractivity contribution in [3.05, 3.63) is 18.0 Å². The minimum Gasteiger partial charge on any atom is -0.311 e. The van der Waals surface area contributed by atoms with Crippen molar-refractivity contribution in [2.24, 2.45) is 13.0 Å². The number of nitrogens with one attached hydrogen (secondary N) is 1. The van der Waals surface area contributed by atoms with E-state index in [9.17, 15) is 26.3 Å². The van der Waals surface area contributed by atoms with Crippen LogP contribution in [0.3, 0.4) is 0 Å². The molecule has 1 aromatic rings. The van der Waals surface area contributed by atoms with E-state index in [2.05, 4.69) is 10.4 Å². The molecule has 9 heteroatoms. The highest BCUT2D eigenvalue weighted by molar-refractivity contribution is 5.10. The van der Waals surface area contributed by atoms with Crippen LogP contribution < -0.4 is 5.32 Å². The second kappa shape index (κ2) is 4.79. The quantitative estimate of drug-likeness (QED) is 0.859. The molecule has 0 saturated carbocycles. The Kier molecular flexibility index (Phi) is 3.94. The Hall–Kier alpha value is -1.25. The molecule has 0 amide bonds. The molecule has 0 aliphatic carbocycles. The van der Waals surface area contributed by atoms with Crippen molar-refractivity contribution < 1.29 is 26.3 Å². The molecule has 1 atom stereocenters. The van der Waals surface area contributed by atoms with E-state index in [-0.39, 0.29) is 5.69 Å². The summed E-state index contributed by atoms with van der Waals surface area (Å²) in [6.07, 6.45) is -9.64. The van der Waals surface area contributed by atoms with Gasteiger partial charge in [-0.2, -0.15) is 31.4 Å². The number of alkyl halides is 6. The Morgan fingerprint density at radius 1 is 1.17 bits per heavy atom. The van der Waals surface area contributed by atoms with Gasteiger partial charge in [-0.1, -0.05) is 0 Å². The van der Waals surface area contributed by atoms with E-state index in [1.165, 1.54) is 7.05 Å². The number of aryl methyl sites for hydroxylation is 1. The third-order valence-corrected chi connectivity index (χ3v) is 2.53. The molecule has 1 unspecified atom stereocenters. The highest BCUT2D eigenvalue weighted by atomic mass is 19.4. The standard InChI is InChI=1S/C9H11F6N3/c1-16-6(5-3-4-17-18(5)2)7(8(10,11)12)9(13,14)15/h3-4,6-7,16H,1-2H3. The van der Waals surface area contributed by atoms with Gasteiger partial charge in [0.25, 0.3) is 0 Å². The van der Waals surface area contributed by atoms with Gasteiger partial charge in [-0.05, 0) is 13.1 Å². The average Bonchev–Trinajstić information content (AvgIpc) is 2.56. The van der Waals surface area contributed by atoms with Gasteiger partial charge in [-0.3, -0.25) is 4.68 Å². The molecule has 0 aliphatic rings. The molecular weight excluding hydrogens is 264 g/mol. The fraction of sp³-hybridized carbons (Fsp3) is 0.667. The normalized spacial score (nSPS) is 15.2. The highest BCUT2D eigenvalue weighted by Gasteiger charge is 2.60. The summed E-state index contributed by atoms with van der Waals surface area (Å²) in [6, 6.07) is -0.816. The van der Waals surface area contributed by atoms with Gasteiger partial charge in [0, 0.05) is 13.2 Å². The second-order valence-electron chi connectivity index (χ2n) is 3.71. The van der Waals surface area contributed by atoms with Crippen LogP contribution in [0, 0.1) is 5.92 Å². The number of hydrogen-bond acceptors (Lipinski definition) is 2. The van der Waals surface area contributed by atoms with Crippen molar-refractivity contribution in [3.63, 3.8) is 0 Å². The SMILES string of the molecule is CNC(c1ccnn1C)C(C(F)(F)F)C(F)(F)F. The van der Waals surface area contributed by atoms with Crippen LogP contribution in [0.1, 0.15) is 11.7 Å². The van der Waals surface area contributed by atoms with Crippen molar-refractivity contribution in [1.82, 2.24) is 15.1 Å². The maximum Gasteiger partial charge on any atom is 0.402 e. The zero-order chi connectivity index (χ0) is 14.1. The number of hydrogen-bond donors (Lipinski definition) is 1. The maximum atomic E-state index is 12.6. The van der Waals surface area contributed by atoms with Crippen molar-refractivity contribution in [2.75, 3.05) is 7.05 Å². The van der Waals surface area contributed by atoms with Gasteiger partial charge < -0.3 is 5.32 Å². The van der Waals surface area contributed by atoms with Crippen LogP contribution in [0.25, 0.3) is 0 Å². The van der Waals surface area contributed by atoms with Crippen LogP contribution in [0.15, 0.2) is 12.3 Å². The van der Waals surface area contributed by atoms with Gasteiger partial charge >= 0.3 is 12.4 Å². The third kappa shape index (κ3) is 2.95. The summed E-state index contributed by atoms with van der Waals surface area (Å²) >= 11 is 0. The van der Waals surface area contributed by atoms with Gasteiger partial charge in [-0.25, -0.2) is 0 Å². The summed E-state index contributed by atoms with van der Waals surface area (Å²) < 4.78 is 76.5. The lowest BCUT2D eigenvalue weighted by Crippen LogP contribution is -2.45. The van der Waals surface area contributed by atoms with Gasteiger partial charge in [0.15, 0.2) is 5.92 Å². The lowest BCUT2D eigenvalue weighted by Gasteiger charge is -2.30. The van der Waals surface area contributed by atoms with E-state index < -0.39 is 24.3 Å². The topological polar surface area (TPSA) is 29.9 Å². The van der Waals surface area contributed by atoms with E-state index in [1.54, 1.807) is 0 Å². The van der Waals surface area contributed by atoms with Crippen LogP contribution in [0.4, 0.5) is 26.3 Å². The molecule has 104 valence electrons. The Balaban J connectivity index is 3.23. The molecule has 0 aliphatic heterocycles. The van der Waals surface area contributed by atoms with Crippen LogP contribution in [-0.2, 0) is 7.05 Å². The Morgan fingerprint density at radius 3 is 1.94 bits per heavy atom. The Morgan fingerprint density at radius 2 is 1.67 bits per heavy atom. The van der Waals surface area contributed by atoms with Gasteiger partial charge in [-0.15, -0.1) is 0 Å².